The molecule has 0 saturated carbocycles. The predicted octanol–water partition coefficient (Wildman–Crippen LogP) is 5.56. The monoisotopic (exact) mass is 760 g/mol. The highest BCUT2D eigenvalue weighted by atomic mass is 28.3. The predicted molar refractivity (Wildman–Crippen MR) is 217 cm³/mol. The molecule has 0 aliphatic carbocycles. The maximum Gasteiger partial charge on any atom is 0.264 e. The van der Waals surface area contributed by atoms with E-state index in [4.69, 9.17) is 9.47 Å². The van der Waals surface area contributed by atoms with Crippen LogP contribution in [0.1, 0.15) is 42.9 Å². The van der Waals surface area contributed by atoms with Crippen LogP contribution in [0, 0.1) is 5.92 Å². The number of nitrogens with one attached hydrogen (secondary N) is 2. The highest BCUT2D eigenvalue weighted by Crippen LogP contribution is 2.60. The molecule has 3 aliphatic heterocycles. The second-order valence-electron chi connectivity index (χ2n) is 15.6. The SMILES string of the molecule is COc1ccc([Si](C)(C)[C@@H]2[C@@H](CC(=O)N(CCO)Cc3ccccc3)O[C@]3(C(=O)N(Cc4ccc(NC(=O)[C@H]5CCCN5)cc4)c4ccccc43)[C@H]2C)cc1. The van der Waals surface area contributed by atoms with Gasteiger partial charge in [0.1, 0.15) is 5.75 Å². The minimum atomic E-state index is -2.48. The number of hydrogen-bond donors (Lipinski definition) is 3. The van der Waals surface area contributed by atoms with E-state index in [1.165, 1.54) is 5.19 Å². The van der Waals surface area contributed by atoms with E-state index in [2.05, 4.69) is 42.8 Å². The molecule has 1 spiro atoms. The molecule has 0 unspecified atom stereocenters. The summed E-state index contributed by atoms with van der Waals surface area (Å²) in [5.74, 6) is 0.205. The first-order chi connectivity index (χ1) is 26.6. The fraction of sp³-hybridized carbons (Fsp3) is 0.386. The van der Waals surface area contributed by atoms with Crippen LogP contribution >= 0.6 is 0 Å². The zero-order chi connectivity index (χ0) is 38.7. The summed E-state index contributed by atoms with van der Waals surface area (Å²) in [7, 11) is -0.831. The Hall–Kier alpha value is -4.81. The van der Waals surface area contributed by atoms with E-state index in [-0.39, 0.29) is 54.8 Å². The van der Waals surface area contributed by atoms with Gasteiger partial charge >= 0.3 is 0 Å². The molecule has 2 fully saturated rings. The molecule has 3 N–H and O–H groups in total. The van der Waals surface area contributed by atoms with Gasteiger partial charge in [-0.15, -0.1) is 0 Å². The van der Waals surface area contributed by atoms with Crippen molar-refractivity contribution in [1.29, 1.82) is 0 Å². The van der Waals surface area contributed by atoms with Gasteiger partial charge in [-0.2, -0.15) is 0 Å². The lowest BCUT2D eigenvalue weighted by molar-refractivity contribution is -0.150. The Bertz CT molecular complexity index is 1990. The second kappa shape index (κ2) is 16.1. The Kier molecular flexibility index (Phi) is 11.3. The molecule has 3 heterocycles. The zero-order valence-corrected chi connectivity index (χ0v) is 33.2. The number of para-hydroxylation sites is 1. The maximum atomic E-state index is 15.2. The van der Waals surface area contributed by atoms with Gasteiger partial charge in [0.15, 0.2) is 5.60 Å². The van der Waals surface area contributed by atoms with Crippen LogP contribution < -0.4 is 25.5 Å². The molecule has 55 heavy (non-hydrogen) atoms. The fourth-order valence-electron chi connectivity index (χ4n) is 9.16. The van der Waals surface area contributed by atoms with E-state index in [1.807, 2.05) is 95.9 Å². The van der Waals surface area contributed by atoms with E-state index in [0.29, 0.717) is 18.8 Å². The van der Waals surface area contributed by atoms with E-state index in [9.17, 15) is 14.7 Å². The van der Waals surface area contributed by atoms with Gasteiger partial charge in [0.05, 0.1) is 52.6 Å². The highest BCUT2D eigenvalue weighted by Gasteiger charge is 2.66. The summed E-state index contributed by atoms with van der Waals surface area (Å²) in [5.41, 5.74) is 2.80. The Morgan fingerprint density at radius 1 is 0.982 bits per heavy atom. The topological polar surface area (TPSA) is 120 Å². The van der Waals surface area contributed by atoms with Gasteiger partial charge in [0.25, 0.3) is 5.91 Å². The minimum absolute atomic E-state index is 0.0357. The van der Waals surface area contributed by atoms with Gasteiger partial charge in [-0.05, 0) is 66.4 Å². The molecule has 10 nitrogen and oxygen atoms in total. The van der Waals surface area contributed by atoms with Gasteiger partial charge in [0, 0.05) is 30.3 Å². The van der Waals surface area contributed by atoms with Crippen LogP contribution in [0.5, 0.6) is 5.75 Å². The second-order valence-corrected chi connectivity index (χ2v) is 20.3. The number of hydrogen-bond acceptors (Lipinski definition) is 7. The summed E-state index contributed by atoms with van der Waals surface area (Å²) in [6, 6.07) is 33.3. The lowest BCUT2D eigenvalue weighted by Crippen LogP contribution is -2.52. The van der Waals surface area contributed by atoms with Crippen LogP contribution in [0.4, 0.5) is 11.4 Å². The average Bonchev–Trinajstić information content (AvgIpc) is 3.90. The first-order valence-corrected chi connectivity index (χ1v) is 22.4. The molecule has 288 valence electrons. The first-order valence-electron chi connectivity index (χ1n) is 19.4. The number of methoxy groups -OCH3 is 1. The number of carbonyl (C=O) groups is 3. The van der Waals surface area contributed by atoms with Gasteiger partial charge in [-0.25, -0.2) is 0 Å². The number of nitrogens with zero attached hydrogens (tertiary/aromatic N) is 2. The van der Waals surface area contributed by atoms with Crippen LogP contribution in [-0.2, 0) is 37.8 Å². The molecule has 0 bridgehead atoms. The Balaban J connectivity index is 1.21. The Labute approximate surface area is 324 Å². The van der Waals surface area contributed by atoms with Crippen molar-refractivity contribution in [3.05, 3.63) is 120 Å². The molecular formula is C44H52N4O6Si. The average molecular weight is 761 g/mol. The lowest BCUT2D eigenvalue weighted by Gasteiger charge is -2.37. The third-order valence-electron chi connectivity index (χ3n) is 12.0. The third kappa shape index (κ3) is 7.46. The van der Waals surface area contributed by atoms with E-state index in [1.54, 1.807) is 12.0 Å². The quantitative estimate of drug-likeness (QED) is 0.153. The van der Waals surface area contributed by atoms with Crippen LogP contribution in [-0.4, -0.2) is 74.8 Å². The lowest BCUT2D eigenvalue weighted by atomic mass is 9.82. The van der Waals surface area contributed by atoms with Crippen molar-refractivity contribution in [1.82, 2.24) is 10.2 Å². The van der Waals surface area contributed by atoms with Gasteiger partial charge in [0.2, 0.25) is 11.8 Å². The van der Waals surface area contributed by atoms with E-state index < -0.39 is 19.8 Å². The highest BCUT2D eigenvalue weighted by molar-refractivity contribution is 6.91. The Morgan fingerprint density at radius 2 is 1.69 bits per heavy atom. The molecule has 0 aromatic heterocycles. The van der Waals surface area contributed by atoms with Crippen LogP contribution in [0.15, 0.2) is 103 Å². The fourth-order valence-corrected chi connectivity index (χ4v) is 13.2. The molecule has 11 heteroatoms. The molecule has 2 saturated heterocycles. The van der Waals surface area contributed by atoms with Gasteiger partial charge < -0.3 is 35.0 Å². The molecule has 4 aromatic rings. The van der Waals surface area contributed by atoms with Crippen molar-refractivity contribution in [3.63, 3.8) is 0 Å². The minimum Gasteiger partial charge on any atom is -0.497 e. The summed E-state index contributed by atoms with van der Waals surface area (Å²) in [6.45, 7) is 8.30. The van der Waals surface area contributed by atoms with Crippen LogP contribution in [0.25, 0.3) is 0 Å². The van der Waals surface area contributed by atoms with E-state index >= 15 is 4.79 Å². The van der Waals surface area contributed by atoms with Crippen molar-refractivity contribution < 1.29 is 29.0 Å². The van der Waals surface area contributed by atoms with Crippen LogP contribution in [0.2, 0.25) is 18.6 Å². The summed E-state index contributed by atoms with van der Waals surface area (Å²) in [4.78, 5) is 45.7. The number of amides is 3. The number of aliphatic hydroxyl groups excluding tert-OH is 1. The number of fused-ring (bicyclic) bond motifs is 2. The first kappa shape index (κ1) is 38.5. The molecule has 4 aromatic carbocycles. The number of benzene rings is 4. The summed E-state index contributed by atoms with van der Waals surface area (Å²) >= 11 is 0. The standard InChI is InChI=1S/C44H52N4O6Si/c1-30-41(55(3,4)35-22-20-34(53-2)21-23-35)39(27-40(50)47(25-26-49)28-31-11-6-5-7-12-31)54-44(30)36-13-8-9-15-38(36)48(43(44)52)29-32-16-18-33(19-17-32)46-42(51)37-14-10-24-45-37/h5-9,11-13,15-23,30,37,39,41,45,49H,10,14,24-29H2,1-4H3,(H,46,51)/t30-,37+,39+,41-,44+/m0/s1. The zero-order valence-electron chi connectivity index (χ0n) is 32.2. The molecule has 3 amide bonds. The van der Waals surface area contributed by atoms with Crippen molar-refractivity contribution in [3.8, 4) is 5.75 Å². The Morgan fingerprint density at radius 3 is 2.36 bits per heavy atom. The van der Waals surface area contributed by atoms with Crippen molar-refractivity contribution >= 4 is 42.4 Å². The molecular weight excluding hydrogens is 709 g/mol. The van der Waals surface area contributed by atoms with Gasteiger partial charge in [-0.3, -0.25) is 14.4 Å². The maximum absolute atomic E-state index is 15.2. The normalized spacial score (nSPS) is 23.2. The summed E-state index contributed by atoms with van der Waals surface area (Å²) < 4.78 is 12.7. The van der Waals surface area contributed by atoms with Crippen molar-refractivity contribution in [2.75, 3.05) is 37.0 Å². The largest absolute Gasteiger partial charge is 0.497 e. The molecule has 5 atom stereocenters. The molecule has 7 rings (SSSR count). The third-order valence-corrected chi connectivity index (χ3v) is 16.4. The van der Waals surface area contributed by atoms with Gasteiger partial charge in [-0.1, -0.05) is 98.0 Å². The van der Waals surface area contributed by atoms with Crippen molar-refractivity contribution in [2.24, 2.45) is 5.92 Å². The number of ether oxygens (including phenoxy) is 2. The number of rotatable bonds is 13. The smallest absolute Gasteiger partial charge is 0.264 e. The summed E-state index contributed by atoms with van der Waals surface area (Å²) in [5, 5.41) is 17.4. The van der Waals surface area contributed by atoms with E-state index in [0.717, 1.165) is 47.5 Å². The van der Waals surface area contributed by atoms with Crippen LogP contribution in [0.3, 0.4) is 0 Å². The van der Waals surface area contributed by atoms with Crippen molar-refractivity contribution in [2.45, 2.75) is 75.7 Å². The molecule has 0 radical (unpaired) electrons. The number of carbonyl (C=O) groups excluding carboxylic acids is 3. The molecule has 3 aliphatic rings. The number of aliphatic hydroxyl groups is 1. The number of anilines is 2. The summed E-state index contributed by atoms with van der Waals surface area (Å²) in [6.07, 6.45) is 1.33.